The minimum Gasteiger partial charge on any atom is -0.318 e. The first-order valence-corrected chi connectivity index (χ1v) is 14.7. The summed E-state index contributed by atoms with van der Waals surface area (Å²) in [4.78, 5) is 2.14. The van der Waals surface area contributed by atoms with Gasteiger partial charge in [-0.25, -0.2) is 9.36 Å². The van der Waals surface area contributed by atoms with Gasteiger partial charge in [0, 0.05) is 30.3 Å². The van der Waals surface area contributed by atoms with E-state index in [2.05, 4.69) is 55.4 Å². The van der Waals surface area contributed by atoms with Crippen molar-refractivity contribution < 1.29 is 0 Å². The molecule has 2 aromatic rings. The third-order valence-corrected chi connectivity index (χ3v) is 8.52. The number of nitrogens with one attached hydrogen (secondary N) is 1. The van der Waals surface area contributed by atoms with E-state index in [9.17, 15) is 0 Å². The smallest absolute Gasteiger partial charge is 0.209 e. The number of tetrazole rings is 2. The van der Waals surface area contributed by atoms with Crippen molar-refractivity contribution in [3.05, 3.63) is 0 Å². The van der Waals surface area contributed by atoms with Crippen molar-refractivity contribution in [2.75, 3.05) is 68.7 Å². The van der Waals surface area contributed by atoms with Crippen molar-refractivity contribution in [3.63, 3.8) is 0 Å². The summed E-state index contributed by atoms with van der Waals surface area (Å²) in [5.74, 6) is 6.88. The fourth-order valence-corrected chi connectivity index (χ4v) is 6.40. The first-order chi connectivity index (χ1) is 15.2. The average molecular weight is 507 g/mol. The zero-order valence-electron chi connectivity index (χ0n) is 18.6. The second-order valence-corrected chi connectivity index (χ2v) is 11.5. The molecule has 0 aromatic carbocycles. The molecule has 1 N–H and O–H groups in total. The SMILES string of the molecule is CNCCn1nnnc1SCCCSCCCSCCSc1nnnn1CCN(C)C. The summed E-state index contributed by atoms with van der Waals surface area (Å²) in [6, 6.07) is 0. The molecule has 0 fully saturated rings. The molecule has 0 saturated carbocycles. The molecular weight excluding hydrogens is 473 g/mol. The van der Waals surface area contributed by atoms with E-state index in [1.165, 1.54) is 30.1 Å². The molecule has 0 atom stereocenters. The number of thioether (sulfide) groups is 4. The molecule has 14 heteroatoms. The maximum Gasteiger partial charge on any atom is 0.209 e. The zero-order chi connectivity index (χ0) is 22.2. The van der Waals surface area contributed by atoms with Crippen LogP contribution in [0.4, 0.5) is 0 Å². The zero-order valence-corrected chi connectivity index (χ0v) is 21.9. The Labute approximate surface area is 202 Å². The Morgan fingerprint density at radius 2 is 1.35 bits per heavy atom. The number of aromatic nitrogens is 8. The highest BCUT2D eigenvalue weighted by atomic mass is 32.2. The molecule has 31 heavy (non-hydrogen) atoms. The van der Waals surface area contributed by atoms with E-state index in [1.807, 2.05) is 39.9 Å². The Morgan fingerprint density at radius 3 is 2.00 bits per heavy atom. The Kier molecular flexibility index (Phi) is 14.7. The van der Waals surface area contributed by atoms with Gasteiger partial charge in [0.15, 0.2) is 0 Å². The van der Waals surface area contributed by atoms with Gasteiger partial charge in [-0.1, -0.05) is 23.5 Å². The van der Waals surface area contributed by atoms with E-state index in [-0.39, 0.29) is 0 Å². The van der Waals surface area contributed by atoms with E-state index in [0.717, 1.165) is 53.8 Å². The summed E-state index contributed by atoms with van der Waals surface area (Å²) in [5.41, 5.74) is 0. The Hall–Kier alpha value is -0.540. The molecule has 0 unspecified atom stereocenters. The van der Waals surface area contributed by atoms with Gasteiger partial charge in [-0.15, -0.1) is 10.2 Å². The van der Waals surface area contributed by atoms with Gasteiger partial charge < -0.3 is 10.2 Å². The summed E-state index contributed by atoms with van der Waals surface area (Å²) in [7, 11) is 6.06. The molecule has 2 rings (SSSR count). The first-order valence-electron chi connectivity index (χ1n) is 10.4. The van der Waals surface area contributed by atoms with Crippen LogP contribution in [0.25, 0.3) is 0 Å². The predicted octanol–water partition coefficient (Wildman–Crippen LogP) is 1.57. The van der Waals surface area contributed by atoms with Gasteiger partial charge in [0.2, 0.25) is 10.3 Å². The summed E-state index contributed by atoms with van der Waals surface area (Å²) >= 11 is 7.56. The highest BCUT2D eigenvalue weighted by Gasteiger charge is 2.07. The van der Waals surface area contributed by atoms with Crippen LogP contribution in [-0.2, 0) is 13.1 Å². The van der Waals surface area contributed by atoms with Crippen molar-refractivity contribution in [3.8, 4) is 0 Å². The molecule has 0 aliphatic heterocycles. The standard InChI is InChI=1S/C17H34N10S4/c1-18-6-7-26-16(19-21-23-26)30-13-5-12-28-10-4-11-29-14-15-31-17-20-22-24-27(17)9-8-25(2)3/h18H,4-15H2,1-3H3. The average Bonchev–Trinajstić information content (AvgIpc) is 3.40. The van der Waals surface area contributed by atoms with E-state index >= 15 is 0 Å². The molecule has 0 aliphatic carbocycles. The van der Waals surface area contributed by atoms with Crippen LogP contribution in [0, 0.1) is 0 Å². The number of hydrogen-bond donors (Lipinski definition) is 1. The lowest BCUT2D eigenvalue weighted by Gasteiger charge is -2.09. The molecule has 0 saturated heterocycles. The Balaban J connectivity index is 1.40. The lowest BCUT2D eigenvalue weighted by Crippen LogP contribution is -2.19. The van der Waals surface area contributed by atoms with Gasteiger partial charge in [0.1, 0.15) is 0 Å². The summed E-state index contributed by atoms with van der Waals surface area (Å²) in [5, 5.41) is 28.9. The van der Waals surface area contributed by atoms with Crippen molar-refractivity contribution in [1.29, 1.82) is 0 Å². The maximum atomic E-state index is 4.13. The fraction of sp³-hybridized carbons (Fsp3) is 0.882. The lowest BCUT2D eigenvalue weighted by molar-refractivity contribution is 0.361. The van der Waals surface area contributed by atoms with Crippen LogP contribution in [0.3, 0.4) is 0 Å². The third-order valence-electron chi connectivity index (χ3n) is 4.03. The van der Waals surface area contributed by atoms with E-state index in [4.69, 9.17) is 0 Å². The molecule has 0 aliphatic rings. The largest absolute Gasteiger partial charge is 0.318 e. The number of nitrogens with zero attached hydrogens (tertiary/aromatic N) is 9. The van der Waals surface area contributed by atoms with Crippen LogP contribution in [0.2, 0.25) is 0 Å². The highest BCUT2D eigenvalue weighted by molar-refractivity contribution is 8.03. The molecular formula is C17H34N10S4. The maximum absolute atomic E-state index is 4.13. The van der Waals surface area contributed by atoms with Crippen LogP contribution >= 0.6 is 47.0 Å². The normalized spacial score (nSPS) is 11.6. The topological polar surface area (TPSA) is 102 Å². The monoisotopic (exact) mass is 506 g/mol. The van der Waals surface area contributed by atoms with Gasteiger partial charge in [-0.05, 0) is 72.1 Å². The van der Waals surface area contributed by atoms with E-state index in [0.29, 0.717) is 0 Å². The van der Waals surface area contributed by atoms with Gasteiger partial charge in [0.25, 0.3) is 0 Å². The van der Waals surface area contributed by atoms with E-state index in [1.54, 1.807) is 23.5 Å². The quantitative estimate of drug-likeness (QED) is 0.221. The van der Waals surface area contributed by atoms with Crippen LogP contribution in [0.1, 0.15) is 12.8 Å². The molecule has 10 nitrogen and oxygen atoms in total. The van der Waals surface area contributed by atoms with Crippen LogP contribution in [0.15, 0.2) is 10.3 Å². The lowest BCUT2D eigenvalue weighted by atomic mass is 10.6. The molecule has 2 aromatic heterocycles. The second kappa shape index (κ2) is 17.0. The van der Waals surface area contributed by atoms with Crippen LogP contribution in [-0.4, -0.2) is 114 Å². The number of hydrogen-bond acceptors (Lipinski definition) is 12. The van der Waals surface area contributed by atoms with Crippen LogP contribution in [0.5, 0.6) is 0 Å². The fourth-order valence-electron chi connectivity index (χ4n) is 2.38. The van der Waals surface area contributed by atoms with Gasteiger partial charge in [-0.2, -0.15) is 23.5 Å². The van der Waals surface area contributed by atoms with Gasteiger partial charge in [-0.3, -0.25) is 0 Å². The summed E-state index contributed by atoms with van der Waals surface area (Å²) in [6.07, 6.45) is 2.44. The first kappa shape index (κ1) is 26.7. The third kappa shape index (κ3) is 11.8. The summed E-state index contributed by atoms with van der Waals surface area (Å²) in [6.45, 7) is 3.46. The molecule has 0 amide bonds. The summed E-state index contributed by atoms with van der Waals surface area (Å²) < 4.78 is 3.76. The second-order valence-electron chi connectivity index (χ2n) is 6.90. The van der Waals surface area contributed by atoms with Gasteiger partial charge >= 0.3 is 0 Å². The van der Waals surface area contributed by atoms with Crippen molar-refractivity contribution in [1.82, 2.24) is 50.6 Å². The predicted molar refractivity (Wildman–Crippen MR) is 133 cm³/mol. The van der Waals surface area contributed by atoms with Crippen molar-refractivity contribution in [2.45, 2.75) is 36.2 Å². The minimum absolute atomic E-state index is 0.810. The molecule has 176 valence electrons. The van der Waals surface area contributed by atoms with Crippen molar-refractivity contribution in [2.24, 2.45) is 0 Å². The number of rotatable bonds is 19. The highest BCUT2D eigenvalue weighted by Crippen LogP contribution is 2.18. The Morgan fingerprint density at radius 1 is 0.774 bits per heavy atom. The Bertz CT molecular complexity index is 696. The van der Waals surface area contributed by atoms with Crippen molar-refractivity contribution >= 4 is 47.0 Å². The van der Waals surface area contributed by atoms with E-state index < -0.39 is 0 Å². The molecule has 0 spiro atoms. The minimum atomic E-state index is 0.810. The molecule has 2 heterocycles. The molecule has 0 bridgehead atoms. The number of likely N-dealkylation sites (N-methyl/N-ethyl adjacent to an activating group) is 2. The molecule has 0 radical (unpaired) electrons. The van der Waals surface area contributed by atoms with Crippen LogP contribution < -0.4 is 5.32 Å². The van der Waals surface area contributed by atoms with Gasteiger partial charge in [0.05, 0.1) is 13.1 Å².